The van der Waals surface area contributed by atoms with Crippen molar-refractivity contribution in [2.24, 2.45) is 0 Å². The number of hydrogen-bond acceptors (Lipinski definition) is 5. The molecule has 2 aromatic rings. The van der Waals surface area contributed by atoms with Crippen molar-refractivity contribution in [1.82, 2.24) is 14.6 Å². The van der Waals surface area contributed by atoms with Gasteiger partial charge in [0, 0.05) is 12.4 Å². The molecule has 0 aliphatic carbocycles. The molecule has 2 rings (SSSR count). The van der Waals surface area contributed by atoms with Gasteiger partial charge in [-0.2, -0.15) is 23.5 Å². The molecule has 0 saturated carbocycles. The Bertz CT molecular complexity index is 717. The number of esters is 1. The summed E-state index contributed by atoms with van der Waals surface area (Å²) in [6.07, 6.45) is -2.26. The Morgan fingerprint density at radius 2 is 2.29 bits per heavy atom. The fourth-order valence-electron chi connectivity index (χ4n) is 1.75. The molecular weight excluding hydrogens is 289 g/mol. The summed E-state index contributed by atoms with van der Waals surface area (Å²) in [5.74, 6) is -2.28. The minimum absolute atomic E-state index is 0.0488. The van der Waals surface area contributed by atoms with E-state index in [-0.39, 0.29) is 17.8 Å². The maximum Gasteiger partial charge on any atom is 0.435 e. The minimum atomic E-state index is -4.63. The second-order valence-corrected chi connectivity index (χ2v) is 3.98. The zero-order chi connectivity index (χ0) is 15.6. The molecule has 6 nitrogen and oxygen atoms in total. The number of aromatic nitrogens is 3. The predicted molar refractivity (Wildman–Crippen MR) is 63.0 cm³/mol. The van der Waals surface area contributed by atoms with E-state index in [1.165, 1.54) is 12.4 Å². The monoisotopic (exact) mass is 298 g/mol. The number of carbonyl (C=O) groups is 1. The van der Waals surface area contributed by atoms with Gasteiger partial charge in [0.25, 0.3) is 0 Å². The van der Waals surface area contributed by atoms with Crippen LogP contribution in [0.25, 0.3) is 5.52 Å². The Labute approximate surface area is 116 Å². The van der Waals surface area contributed by atoms with Crippen molar-refractivity contribution in [3.63, 3.8) is 0 Å². The van der Waals surface area contributed by atoms with Crippen molar-refractivity contribution in [2.45, 2.75) is 19.0 Å². The van der Waals surface area contributed by atoms with Crippen molar-refractivity contribution >= 4 is 11.5 Å². The number of rotatable bonds is 3. The Kier molecular flexibility index (Phi) is 3.80. The second-order valence-electron chi connectivity index (χ2n) is 3.98. The SMILES string of the molecule is CCOC(=O)C(C#N)c1nccn2nc(C(F)(F)F)cc12. The van der Waals surface area contributed by atoms with E-state index in [1.54, 1.807) is 13.0 Å². The molecule has 0 radical (unpaired) electrons. The van der Waals surface area contributed by atoms with E-state index < -0.39 is 23.8 Å². The van der Waals surface area contributed by atoms with Crippen LogP contribution < -0.4 is 0 Å². The third-order valence-electron chi connectivity index (χ3n) is 2.63. The van der Waals surface area contributed by atoms with Crippen molar-refractivity contribution in [2.75, 3.05) is 6.61 Å². The molecule has 2 aromatic heterocycles. The fourth-order valence-corrected chi connectivity index (χ4v) is 1.75. The van der Waals surface area contributed by atoms with E-state index in [4.69, 9.17) is 10.00 Å². The third-order valence-corrected chi connectivity index (χ3v) is 2.63. The smallest absolute Gasteiger partial charge is 0.435 e. The summed E-state index contributed by atoms with van der Waals surface area (Å²) in [6, 6.07) is 2.43. The largest absolute Gasteiger partial charge is 0.465 e. The third kappa shape index (κ3) is 2.79. The molecular formula is C12H9F3N4O2. The first kappa shape index (κ1) is 14.8. The number of nitriles is 1. The molecule has 0 amide bonds. The summed E-state index contributed by atoms with van der Waals surface area (Å²) in [5, 5.41) is 12.4. The van der Waals surface area contributed by atoms with E-state index >= 15 is 0 Å². The highest BCUT2D eigenvalue weighted by Gasteiger charge is 2.35. The molecule has 0 aliphatic rings. The van der Waals surface area contributed by atoms with Gasteiger partial charge in [-0.3, -0.25) is 9.78 Å². The number of fused-ring (bicyclic) bond motifs is 1. The molecule has 0 N–H and O–H groups in total. The second kappa shape index (κ2) is 5.40. The zero-order valence-electron chi connectivity index (χ0n) is 10.8. The summed E-state index contributed by atoms with van der Waals surface area (Å²) in [6.45, 7) is 1.61. The van der Waals surface area contributed by atoms with Gasteiger partial charge in [0.15, 0.2) is 11.6 Å². The number of alkyl halides is 3. The first-order valence-electron chi connectivity index (χ1n) is 5.86. The van der Waals surface area contributed by atoms with Gasteiger partial charge in [0.2, 0.25) is 0 Å². The van der Waals surface area contributed by atoms with Gasteiger partial charge in [-0.25, -0.2) is 4.52 Å². The van der Waals surface area contributed by atoms with Gasteiger partial charge in [0.1, 0.15) is 0 Å². The Balaban J connectivity index is 2.56. The van der Waals surface area contributed by atoms with Crippen LogP contribution >= 0.6 is 0 Å². The van der Waals surface area contributed by atoms with Crippen LogP contribution in [0.2, 0.25) is 0 Å². The van der Waals surface area contributed by atoms with Crippen LogP contribution in [0.3, 0.4) is 0 Å². The molecule has 2 heterocycles. The topological polar surface area (TPSA) is 80.3 Å². The van der Waals surface area contributed by atoms with E-state index in [9.17, 15) is 18.0 Å². The lowest BCUT2D eigenvalue weighted by Gasteiger charge is -2.08. The van der Waals surface area contributed by atoms with Crippen LogP contribution in [0.5, 0.6) is 0 Å². The molecule has 0 fully saturated rings. The van der Waals surface area contributed by atoms with E-state index in [0.717, 1.165) is 10.6 Å². The highest BCUT2D eigenvalue weighted by Crippen LogP contribution is 2.30. The van der Waals surface area contributed by atoms with Crippen LogP contribution in [0.4, 0.5) is 13.2 Å². The molecule has 0 spiro atoms. The standard InChI is InChI=1S/C12H9F3N4O2/c1-2-21-11(20)7(6-16)10-8-5-9(12(13,14)15)18-19(8)4-3-17-10/h3-5,7H,2H2,1H3. The lowest BCUT2D eigenvalue weighted by Crippen LogP contribution is -2.16. The number of hydrogen-bond donors (Lipinski definition) is 0. The molecule has 0 aromatic carbocycles. The van der Waals surface area contributed by atoms with Crippen molar-refractivity contribution < 1.29 is 22.7 Å². The van der Waals surface area contributed by atoms with Gasteiger partial charge >= 0.3 is 12.1 Å². The number of carbonyl (C=O) groups excluding carboxylic acids is 1. The molecule has 9 heteroatoms. The van der Waals surface area contributed by atoms with Crippen LogP contribution in [-0.4, -0.2) is 27.2 Å². The van der Waals surface area contributed by atoms with E-state index in [2.05, 4.69) is 10.1 Å². The minimum Gasteiger partial charge on any atom is -0.465 e. The highest BCUT2D eigenvalue weighted by atomic mass is 19.4. The van der Waals surface area contributed by atoms with Crippen LogP contribution in [0.15, 0.2) is 18.5 Å². The first-order valence-corrected chi connectivity index (χ1v) is 5.86. The van der Waals surface area contributed by atoms with Crippen molar-refractivity contribution in [3.05, 3.63) is 29.8 Å². The van der Waals surface area contributed by atoms with E-state index in [0.29, 0.717) is 0 Å². The Morgan fingerprint density at radius 3 is 2.86 bits per heavy atom. The maximum atomic E-state index is 12.7. The van der Waals surface area contributed by atoms with Crippen LogP contribution in [-0.2, 0) is 15.7 Å². The zero-order valence-corrected chi connectivity index (χ0v) is 10.8. The highest BCUT2D eigenvalue weighted by molar-refractivity contribution is 5.83. The van der Waals surface area contributed by atoms with E-state index in [1.807, 2.05) is 0 Å². The molecule has 110 valence electrons. The summed E-state index contributed by atoms with van der Waals surface area (Å²) in [7, 11) is 0. The average Bonchev–Trinajstić information content (AvgIpc) is 2.84. The molecule has 0 aliphatic heterocycles. The van der Waals surface area contributed by atoms with Gasteiger partial charge in [-0.05, 0) is 13.0 Å². The molecule has 1 atom stereocenters. The molecule has 0 saturated heterocycles. The first-order chi connectivity index (χ1) is 9.88. The van der Waals surface area contributed by atoms with Crippen molar-refractivity contribution in [1.29, 1.82) is 5.26 Å². The number of nitrogens with zero attached hydrogens (tertiary/aromatic N) is 4. The van der Waals surface area contributed by atoms with Crippen LogP contribution in [0.1, 0.15) is 24.2 Å². The lowest BCUT2D eigenvalue weighted by molar-refractivity contribution is -0.143. The normalized spacial score (nSPS) is 12.9. The quantitative estimate of drug-likeness (QED) is 0.809. The molecule has 1 unspecified atom stereocenters. The van der Waals surface area contributed by atoms with Gasteiger partial charge < -0.3 is 4.74 Å². The Hall–Kier alpha value is -2.63. The maximum absolute atomic E-state index is 12.7. The van der Waals surface area contributed by atoms with Gasteiger partial charge in [-0.1, -0.05) is 0 Å². The lowest BCUT2D eigenvalue weighted by atomic mass is 10.1. The predicted octanol–water partition coefficient (Wildman–Crippen LogP) is 1.92. The van der Waals surface area contributed by atoms with Crippen molar-refractivity contribution in [3.8, 4) is 6.07 Å². The fraction of sp³-hybridized carbons (Fsp3) is 0.333. The molecule has 0 bridgehead atoms. The van der Waals surface area contributed by atoms with Gasteiger partial charge in [-0.15, -0.1) is 0 Å². The summed E-state index contributed by atoms with van der Waals surface area (Å²) >= 11 is 0. The summed E-state index contributed by atoms with van der Waals surface area (Å²) in [4.78, 5) is 15.5. The summed E-state index contributed by atoms with van der Waals surface area (Å²) < 4.78 is 43.6. The number of halogens is 3. The van der Waals surface area contributed by atoms with Gasteiger partial charge in [0.05, 0.1) is 23.9 Å². The average molecular weight is 298 g/mol. The van der Waals surface area contributed by atoms with Crippen LogP contribution in [0, 0.1) is 11.3 Å². The summed E-state index contributed by atoms with van der Waals surface area (Å²) in [5.41, 5.74) is -1.32. The Morgan fingerprint density at radius 1 is 1.57 bits per heavy atom. The number of ether oxygens (including phenoxy) is 1. The molecule has 21 heavy (non-hydrogen) atoms.